The molecule has 0 bridgehead atoms. The van der Waals surface area contributed by atoms with Gasteiger partial charge in [-0.05, 0) is 57.9 Å². The molecule has 1 N–H and O–H groups in total. The molecule has 2 heteroatoms. The SMILES string of the molecule is CC1=C(CC(=O)O)c2ccccc2/C1=C\c1ccc(C(C)C)cc1. The summed E-state index contributed by atoms with van der Waals surface area (Å²) in [6.45, 7) is 6.39. The van der Waals surface area contributed by atoms with Crippen LogP contribution < -0.4 is 0 Å². The van der Waals surface area contributed by atoms with Crippen molar-refractivity contribution in [2.24, 2.45) is 0 Å². The lowest BCUT2D eigenvalue weighted by atomic mass is 9.98. The van der Waals surface area contributed by atoms with Crippen molar-refractivity contribution in [3.8, 4) is 0 Å². The fraction of sp³-hybridized carbons (Fsp3) is 0.227. The smallest absolute Gasteiger partial charge is 0.307 e. The Bertz CT molecular complexity index is 837. The molecule has 1 aliphatic rings. The molecule has 0 radical (unpaired) electrons. The Kier molecular flexibility index (Phi) is 4.39. The molecule has 0 saturated heterocycles. The van der Waals surface area contributed by atoms with Crippen molar-refractivity contribution in [2.45, 2.75) is 33.1 Å². The number of carbonyl (C=O) groups is 1. The maximum Gasteiger partial charge on any atom is 0.307 e. The second-order valence-electron chi connectivity index (χ2n) is 6.60. The molecule has 0 spiro atoms. The first kappa shape index (κ1) is 16.3. The van der Waals surface area contributed by atoms with E-state index in [1.165, 1.54) is 5.56 Å². The minimum atomic E-state index is -0.790. The van der Waals surface area contributed by atoms with Gasteiger partial charge in [-0.1, -0.05) is 62.4 Å². The molecule has 1 aliphatic carbocycles. The van der Waals surface area contributed by atoms with Gasteiger partial charge in [0.1, 0.15) is 0 Å². The first-order valence-electron chi connectivity index (χ1n) is 8.30. The Morgan fingerprint density at radius 1 is 1.04 bits per heavy atom. The molecule has 0 heterocycles. The Morgan fingerprint density at radius 2 is 1.67 bits per heavy atom. The van der Waals surface area contributed by atoms with Crippen LogP contribution in [0, 0.1) is 0 Å². The van der Waals surface area contributed by atoms with Gasteiger partial charge < -0.3 is 5.11 Å². The number of aliphatic carboxylic acids is 1. The van der Waals surface area contributed by atoms with Crippen LogP contribution in [0.4, 0.5) is 0 Å². The molecule has 24 heavy (non-hydrogen) atoms. The monoisotopic (exact) mass is 318 g/mol. The standard InChI is InChI=1S/C22H22O2/c1-14(2)17-10-8-16(9-11-17)12-20-15(3)21(13-22(23)24)19-7-5-4-6-18(19)20/h4-12,14H,13H2,1-3H3,(H,23,24)/b20-12-. The average molecular weight is 318 g/mol. The van der Waals surface area contributed by atoms with Gasteiger partial charge >= 0.3 is 5.97 Å². The van der Waals surface area contributed by atoms with Crippen molar-refractivity contribution in [3.05, 3.63) is 76.4 Å². The number of rotatable bonds is 4. The molecule has 0 aliphatic heterocycles. The molecular weight excluding hydrogens is 296 g/mol. The van der Waals surface area contributed by atoms with Gasteiger partial charge in [-0.25, -0.2) is 0 Å². The fourth-order valence-corrected chi connectivity index (χ4v) is 3.26. The zero-order valence-corrected chi connectivity index (χ0v) is 14.3. The highest BCUT2D eigenvalue weighted by Gasteiger charge is 2.24. The largest absolute Gasteiger partial charge is 0.481 e. The lowest BCUT2D eigenvalue weighted by Crippen LogP contribution is -1.96. The minimum absolute atomic E-state index is 0.0620. The lowest BCUT2D eigenvalue weighted by molar-refractivity contribution is -0.135. The van der Waals surface area contributed by atoms with Crippen molar-refractivity contribution in [1.29, 1.82) is 0 Å². The highest BCUT2D eigenvalue weighted by molar-refractivity contribution is 6.07. The van der Waals surface area contributed by atoms with Crippen molar-refractivity contribution < 1.29 is 9.90 Å². The van der Waals surface area contributed by atoms with Gasteiger partial charge in [0.2, 0.25) is 0 Å². The van der Waals surface area contributed by atoms with E-state index in [-0.39, 0.29) is 6.42 Å². The van der Waals surface area contributed by atoms with Gasteiger partial charge in [0.25, 0.3) is 0 Å². The van der Waals surface area contributed by atoms with E-state index in [4.69, 9.17) is 0 Å². The van der Waals surface area contributed by atoms with Crippen LogP contribution in [0.25, 0.3) is 17.2 Å². The number of carboxylic acids is 1. The Labute approximate surface area is 143 Å². The number of allylic oxidation sites excluding steroid dienone is 2. The van der Waals surface area contributed by atoms with Crippen molar-refractivity contribution in [3.63, 3.8) is 0 Å². The van der Waals surface area contributed by atoms with Crippen molar-refractivity contribution >= 4 is 23.2 Å². The third kappa shape index (κ3) is 3.05. The van der Waals surface area contributed by atoms with E-state index in [0.29, 0.717) is 5.92 Å². The minimum Gasteiger partial charge on any atom is -0.481 e. The van der Waals surface area contributed by atoms with Crippen LogP contribution in [-0.4, -0.2) is 11.1 Å². The average Bonchev–Trinajstić information content (AvgIpc) is 2.81. The van der Waals surface area contributed by atoms with Crippen LogP contribution in [0.5, 0.6) is 0 Å². The zero-order chi connectivity index (χ0) is 17.3. The Hall–Kier alpha value is -2.61. The first-order valence-corrected chi connectivity index (χ1v) is 8.30. The van der Waals surface area contributed by atoms with Gasteiger partial charge in [-0.2, -0.15) is 0 Å². The van der Waals surface area contributed by atoms with Crippen LogP contribution in [0.2, 0.25) is 0 Å². The normalized spacial score (nSPS) is 15.2. The van der Waals surface area contributed by atoms with Gasteiger partial charge in [0, 0.05) is 0 Å². The van der Waals surface area contributed by atoms with Crippen LogP contribution in [0.3, 0.4) is 0 Å². The molecule has 0 atom stereocenters. The lowest BCUT2D eigenvalue weighted by Gasteiger charge is -2.07. The summed E-state index contributed by atoms with van der Waals surface area (Å²) in [5.74, 6) is -0.274. The van der Waals surface area contributed by atoms with Crippen molar-refractivity contribution in [2.75, 3.05) is 0 Å². The number of carboxylic acid groups (broad SMARTS) is 1. The van der Waals surface area contributed by atoms with Crippen LogP contribution in [-0.2, 0) is 4.79 Å². The van der Waals surface area contributed by atoms with E-state index in [1.54, 1.807) is 0 Å². The summed E-state index contributed by atoms with van der Waals surface area (Å²) in [5, 5.41) is 9.22. The molecule has 0 unspecified atom stereocenters. The predicted molar refractivity (Wildman–Crippen MR) is 99.7 cm³/mol. The van der Waals surface area contributed by atoms with Crippen molar-refractivity contribution in [1.82, 2.24) is 0 Å². The predicted octanol–water partition coefficient (Wildman–Crippen LogP) is 5.61. The third-order valence-electron chi connectivity index (χ3n) is 4.64. The molecule has 2 nitrogen and oxygen atoms in total. The number of hydrogen-bond donors (Lipinski definition) is 1. The second kappa shape index (κ2) is 6.48. The van der Waals surface area contributed by atoms with Gasteiger partial charge in [0.05, 0.1) is 6.42 Å². The Balaban J connectivity index is 2.06. The topological polar surface area (TPSA) is 37.3 Å². The fourth-order valence-electron chi connectivity index (χ4n) is 3.26. The molecule has 0 aromatic heterocycles. The molecule has 2 aromatic rings. The number of hydrogen-bond acceptors (Lipinski definition) is 1. The number of benzene rings is 2. The zero-order valence-electron chi connectivity index (χ0n) is 14.3. The van der Waals surface area contributed by atoms with E-state index in [0.717, 1.165) is 33.4 Å². The summed E-state index contributed by atoms with van der Waals surface area (Å²) in [4.78, 5) is 11.2. The molecule has 122 valence electrons. The third-order valence-corrected chi connectivity index (χ3v) is 4.64. The van der Waals surface area contributed by atoms with E-state index < -0.39 is 5.97 Å². The molecule has 0 saturated carbocycles. The van der Waals surface area contributed by atoms with Crippen LogP contribution in [0.15, 0.2) is 54.1 Å². The molecular formula is C22H22O2. The quantitative estimate of drug-likeness (QED) is 0.795. The summed E-state index contributed by atoms with van der Waals surface area (Å²) in [6, 6.07) is 16.6. The highest BCUT2D eigenvalue weighted by atomic mass is 16.4. The van der Waals surface area contributed by atoms with Crippen LogP contribution >= 0.6 is 0 Å². The Morgan fingerprint density at radius 3 is 2.25 bits per heavy atom. The second-order valence-corrected chi connectivity index (χ2v) is 6.60. The molecule has 0 amide bonds. The number of fused-ring (bicyclic) bond motifs is 1. The van der Waals surface area contributed by atoms with E-state index >= 15 is 0 Å². The summed E-state index contributed by atoms with van der Waals surface area (Å²) in [6.07, 6.45) is 2.22. The van der Waals surface area contributed by atoms with E-state index in [9.17, 15) is 9.90 Å². The first-order chi connectivity index (χ1) is 11.5. The molecule has 3 rings (SSSR count). The van der Waals surface area contributed by atoms with E-state index in [2.05, 4.69) is 50.3 Å². The van der Waals surface area contributed by atoms with Crippen LogP contribution in [0.1, 0.15) is 55.4 Å². The maximum absolute atomic E-state index is 11.2. The summed E-state index contributed by atoms with van der Waals surface area (Å²) in [7, 11) is 0. The summed E-state index contributed by atoms with van der Waals surface area (Å²) >= 11 is 0. The molecule has 2 aromatic carbocycles. The van der Waals surface area contributed by atoms with E-state index in [1.807, 2.05) is 25.1 Å². The van der Waals surface area contributed by atoms with Gasteiger partial charge in [-0.15, -0.1) is 0 Å². The maximum atomic E-state index is 11.2. The summed E-state index contributed by atoms with van der Waals surface area (Å²) < 4.78 is 0. The highest BCUT2D eigenvalue weighted by Crippen LogP contribution is 2.43. The van der Waals surface area contributed by atoms with Gasteiger partial charge in [-0.3, -0.25) is 4.79 Å². The van der Waals surface area contributed by atoms with Gasteiger partial charge in [0.15, 0.2) is 0 Å². The summed E-state index contributed by atoms with van der Waals surface area (Å²) in [5.41, 5.74) is 7.73. The molecule has 0 fully saturated rings.